The van der Waals surface area contributed by atoms with E-state index in [1.54, 1.807) is 0 Å². The van der Waals surface area contributed by atoms with E-state index in [1.165, 1.54) is 10.9 Å². The van der Waals surface area contributed by atoms with Gasteiger partial charge in [-0.15, -0.1) is 0 Å². The maximum Gasteiger partial charge on any atom is 0.134 e. The fraction of sp³-hybridized carbons (Fsp3) is 0.471. The van der Waals surface area contributed by atoms with E-state index in [1.807, 2.05) is 25.1 Å². The molecule has 1 atom stereocenters. The summed E-state index contributed by atoms with van der Waals surface area (Å²) in [6.07, 6.45) is 3.28. The Kier molecular flexibility index (Phi) is 5.20. The summed E-state index contributed by atoms with van der Waals surface area (Å²) in [5.41, 5.74) is 2.21. The molecule has 1 aromatic heterocycles. The highest BCUT2D eigenvalue weighted by atomic mass is 16.3. The fourth-order valence-corrected chi connectivity index (χ4v) is 2.34. The molecular weight excluding hydrogens is 248 g/mol. The predicted octanol–water partition coefficient (Wildman–Crippen LogP) is 4.02. The fourth-order valence-electron chi connectivity index (χ4n) is 2.34. The van der Waals surface area contributed by atoms with Crippen molar-refractivity contribution in [3.8, 4) is 6.07 Å². The Bertz CT molecular complexity index is 595. The molecule has 0 fully saturated rings. The van der Waals surface area contributed by atoms with E-state index >= 15 is 0 Å². The lowest BCUT2D eigenvalue weighted by Gasteiger charge is -2.06. The minimum Gasteiger partial charge on any atom is -0.461 e. The molecular formula is C17H22N2O. The smallest absolute Gasteiger partial charge is 0.134 e. The van der Waals surface area contributed by atoms with E-state index in [9.17, 15) is 0 Å². The molecule has 0 spiro atoms. The van der Waals surface area contributed by atoms with E-state index in [2.05, 4.69) is 24.4 Å². The van der Waals surface area contributed by atoms with E-state index in [-0.39, 0.29) is 5.92 Å². The summed E-state index contributed by atoms with van der Waals surface area (Å²) in [5, 5.41) is 13.4. The van der Waals surface area contributed by atoms with Gasteiger partial charge in [-0.3, -0.25) is 0 Å². The number of hydrogen-bond donors (Lipinski definition) is 1. The van der Waals surface area contributed by atoms with Gasteiger partial charge in [-0.2, -0.15) is 5.26 Å². The zero-order valence-corrected chi connectivity index (χ0v) is 12.3. The van der Waals surface area contributed by atoms with Crippen LogP contribution in [0.15, 0.2) is 28.7 Å². The summed E-state index contributed by atoms with van der Waals surface area (Å²) in [7, 11) is 0. The zero-order valence-electron chi connectivity index (χ0n) is 12.3. The van der Waals surface area contributed by atoms with Gasteiger partial charge in [-0.25, -0.2) is 0 Å². The SMILES string of the molecule is CCCCc1oc2ccccc2c1CNCC(C)C#N. The van der Waals surface area contributed by atoms with Crippen molar-refractivity contribution in [3.63, 3.8) is 0 Å². The maximum absolute atomic E-state index is 8.83. The van der Waals surface area contributed by atoms with Gasteiger partial charge < -0.3 is 9.73 Å². The van der Waals surface area contributed by atoms with Gasteiger partial charge >= 0.3 is 0 Å². The molecule has 1 unspecified atom stereocenters. The van der Waals surface area contributed by atoms with Gasteiger partial charge in [0, 0.05) is 30.5 Å². The molecule has 0 radical (unpaired) electrons. The van der Waals surface area contributed by atoms with Crippen molar-refractivity contribution in [1.82, 2.24) is 5.32 Å². The molecule has 0 bridgehead atoms. The van der Waals surface area contributed by atoms with Gasteiger partial charge in [-0.1, -0.05) is 31.5 Å². The number of furan rings is 1. The lowest BCUT2D eigenvalue weighted by molar-refractivity contribution is 0.521. The Balaban J connectivity index is 2.17. The number of hydrogen-bond acceptors (Lipinski definition) is 3. The third kappa shape index (κ3) is 3.40. The van der Waals surface area contributed by atoms with Gasteiger partial charge in [0.05, 0.1) is 12.0 Å². The number of nitriles is 1. The molecule has 2 rings (SSSR count). The van der Waals surface area contributed by atoms with Crippen LogP contribution in [-0.2, 0) is 13.0 Å². The molecule has 2 aromatic rings. The second-order valence-electron chi connectivity index (χ2n) is 5.26. The predicted molar refractivity (Wildman–Crippen MR) is 81.3 cm³/mol. The number of nitrogens with zero attached hydrogens (tertiary/aromatic N) is 1. The summed E-state index contributed by atoms with van der Waals surface area (Å²) < 4.78 is 5.98. The highest BCUT2D eigenvalue weighted by Crippen LogP contribution is 2.27. The molecule has 0 saturated heterocycles. The van der Waals surface area contributed by atoms with Gasteiger partial charge in [-0.05, 0) is 19.4 Å². The monoisotopic (exact) mass is 270 g/mol. The third-order valence-corrected chi connectivity index (χ3v) is 3.51. The molecule has 0 saturated carbocycles. The van der Waals surface area contributed by atoms with E-state index < -0.39 is 0 Å². The minimum atomic E-state index is 0.0345. The second kappa shape index (κ2) is 7.12. The summed E-state index contributed by atoms with van der Waals surface area (Å²) in [5.74, 6) is 1.12. The molecule has 3 heteroatoms. The van der Waals surface area contributed by atoms with Crippen LogP contribution in [0.3, 0.4) is 0 Å². The van der Waals surface area contributed by atoms with Gasteiger partial charge in [0.25, 0.3) is 0 Å². The van der Waals surface area contributed by atoms with Crippen molar-refractivity contribution >= 4 is 11.0 Å². The van der Waals surface area contributed by atoms with E-state index in [0.29, 0.717) is 6.54 Å². The maximum atomic E-state index is 8.83. The highest BCUT2D eigenvalue weighted by Gasteiger charge is 2.13. The Morgan fingerprint density at radius 3 is 2.90 bits per heavy atom. The van der Waals surface area contributed by atoms with Crippen molar-refractivity contribution in [1.29, 1.82) is 5.26 Å². The lowest BCUT2D eigenvalue weighted by Crippen LogP contribution is -2.20. The molecule has 3 nitrogen and oxygen atoms in total. The molecule has 20 heavy (non-hydrogen) atoms. The summed E-state index contributed by atoms with van der Waals surface area (Å²) >= 11 is 0. The van der Waals surface area contributed by atoms with Crippen LogP contribution in [0.2, 0.25) is 0 Å². The average molecular weight is 270 g/mol. The van der Waals surface area contributed by atoms with Crippen LogP contribution in [-0.4, -0.2) is 6.54 Å². The number of benzene rings is 1. The number of para-hydroxylation sites is 1. The topological polar surface area (TPSA) is 49.0 Å². The first-order valence-corrected chi connectivity index (χ1v) is 7.35. The Labute approximate surface area is 120 Å². The first-order chi connectivity index (χ1) is 9.76. The minimum absolute atomic E-state index is 0.0345. The second-order valence-corrected chi connectivity index (χ2v) is 5.26. The number of rotatable bonds is 7. The standard InChI is InChI=1S/C17H22N2O/c1-3-4-8-17-15(12-19-11-13(2)10-18)14-7-5-6-9-16(14)20-17/h5-7,9,13,19H,3-4,8,11-12H2,1-2H3. The average Bonchev–Trinajstić information content (AvgIpc) is 2.83. The lowest BCUT2D eigenvalue weighted by atomic mass is 10.1. The van der Waals surface area contributed by atoms with Gasteiger partial charge in [0.15, 0.2) is 0 Å². The quantitative estimate of drug-likeness (QED) is 0.826. The molecule has 106 valence electrons. The Morgan fingerprint density at radius 1 is 1.35 bits per heavy atom. The van der Waals surface area contributed by atoms with Crippen LogP contribution in [0.25, 0.3) is 11.0 Å². The first-order valence-electron chi connectivity index (χ1n) is 7.35. The van der Waals surface area contributed by atoms with Crippen molar-refractivity contribution in [2.75, 3.05) is 6.54 Å². The van der Waals surface area contributed by atoms with Crippen molar-refractivity contribution in [2.24, 2.45) is 5.92 Å². The number of unbranched alkanes of at least 4 members (excludes halogenated alkanes) is 1. The van der Waals surface area contributed by atoms with Gasteiger partial charge in [0.1, 0.15) is 11.3 Å². The summed E-state index contributed by atoms with van der Waals surface area (Å²) in [4.78, 5) is 0. The summed E-state index contributed by atoms with van der Waals surface area (Å²) in [6.45, 7) is 5.60. The molecule has 0 aliphatic carbocycles. The van der Waals surface area contributed by atoms with Crippen LogP contribution < -0.4 is 5.32 Å². The zero-order chi connectivity index (χ0) is 14.4. The molecule has 1 N–H and O–H groups in total. The molecule has 0 aliphatic rings. The van der Waals surface area contributed by atoms with Crippen molar-refractivity contribution < 1.29 is 4.42 Å². The van der Waals surface area contributed by atoms with Crippen LogP contribution in [0.4, 0.5) is 0 Å². The summed E-state index contributed by atoms with van der Waals surface area (Å²) in [6, 6.07) is 10.4. The van der Waals surface area contributed by atoms with Crippen molar-refractivity contribution in [3.05, 3.63) is 35.6 Å². The molecule has 0 amide bonds. The first kappa shape index (κ1) is 14.6. The van der Waals surface area contributed by atoms with Crippen LogP contribution >= 0.6 is 0 Å². The highest BCUT2D eigenvalue weighted by molar-refractivity contribution is 5.82. The molecule has 1 aromatic carbocycles. The Morgan fingerprint density at radius 2 is 2.15 bits per heavy atom. The number of nitrogens with one attached hydrogen (secondary N) is 1. The van der Waals surface area contributed by atoms with Crippen molar-refractivity contribution in [2.45, 2.75) is 39.7 Å². The van der Waals surface area contributed by atoms with E-state index in [0.717, 1.165) is 37.2 Å². The normalized spacial score (nSPS) is 12.4. The van der Waals surface area contributed by atoms with Gasteiger partial charge in [0.2, 0.25) is 0 Å². The molecule has 0 aliphatic heterocycles. The van der Waals surface area contributed by atoms with Crippen LogP contribution in [0.1, 0.15) is 38.0 Å². The van der Waals surface area contributed by atoms with Crippen LogP contribution in [0.5, 0.6) is 0 Å². The number of aryl methyl sites for hydroxylation is 1. The van der Waals surface area contributed by atoms with E-state index in [4.69, 9.17) is 9.68 Å². The molecule has 1 heterocycles. The van der Waals surface area contributed by atoms with Crippen LogP contribution in [0, 0.1) is 17.2 Å². The largest absolute Gasteiger partial charge is 0.461 e. The third-order valence-electron chi connectivity index (χ3n) is 3.51. The Hall–Kier alpha value is -1.79. The number of fused-ring (bicyclic) bond motifs is 1.